The van der Waals surface area contributed by atoms with E-state index in [9.17, 15) is 4.79 Å². The van der Waals surface area contributed by atoms with Crippen molar-refractivity contribution in [1.82, 2.24) is 4.90 Å². The van der Waals surface area contributed by atoms with Crippen LogP contribution in [0.3, 0.4) is 0 Å². The number of hydrogen-bond donors (Lipinski definition) is 1. The van der Waals surface area contributed by atoms with Crippen LogP contribution in [0.4, 0.5) is 0 Å². The molecule has 1 heterocycles. The molecule has 3 nitrogen and oxygen atoms in total. The van der Waals surface area contributed by atoms with Gasteiger partial charge in [0.25, 0.3) is 0 Å². The molecule has 0 aromatic carbocycles. The first-order valence-corrected chi connectivity index (χ1v) is 6.21. The van der Waals surface area contributed by atoms with Gasteiger partial charge in [0, 0.05) is 23.9 Å². The number of nitrogens with two attached hydrogens (primary N) is 1. The number of amides is 1. The molecule has 82 valence electrons. The summed E-state index contributed by atoms with van der Waals surface area (Å²) in [5.74, 6) is 0.202. The second-order valence-corrected chi connectivity index (χ2v) is 4.90. The summed E-state index contributed by atoms with van der Waals surface area (Å²) in [5.41, 5.74) is 5.42. The van der Waals surface area contributed by atoms with Gasteiger partial charge in [0.15, 0.2) is 0 Å². The Morgan fingerprint density at radius 3 is 2.93 bits per heavy atom. The number of thiophene rings is 1. The summed E-state index contributed by atoms with van der Waals surface area (Å²) in [4.78, 5) is 15.0. The number of rotatable bonds is 5. The molecule has 2 rings (SSSR count). The highest BCUT2D eigenvalue weighted by atomic mass is 32.1. The quantitative estimate of drug-likeness (QED) is 0.825. The van der Waals surface area contributed by atoms with E-state index in [0.29, 0.717) is 19.0 Å². The summed E-state index contributed by atoms with van der Waals surface area (Å²) in [6.45, 7) is 1.22. The molecule has 1 aromatic rings. The molecule has 0 radical (unpaired) electrons. The van der Waals surface area contributed by atoms with E-state index < -0.39 is 0 Å². The molecular weight excluding hydrogens is 208 g/mol. The molecule has 0 bridgehead atoms. The molecule has 1 fully saturated rings. The second-order valence-electron chi connectivity index (χ2n) is 3.87. The molecule has 15 heavy (non-hydrogen) atoms. The highest BCUT2D eigenvalue weighted by molar-refractivity contribution is 7.09. The third-order valence-corrected chi connectivity index (χ3v) is 3.43. The van der Waals surface area contributed by atoms with Crippen LogP contribution in [0.15, 0.2) is 17.5 Å². The lowest BCUT2D eigenvalue weighted by molar-refractivity contribution is -0.132. The van der Waals surface area contributed by atoms with E-state index in [4.69, 9.17) is 5.73 Å². The predicted molar refractivity (Wildman–Crippen MR) is 61.6 cm³/mol. The summed E-state index contributed by atoms with van der Waals surface area (Å²) in [5, 5.41) is 2.05. The maximum atomic E-state index is 11.8. The van der Waals surface area contributed by atoms with Crippen LogP contribution in [0, 0.1) is 0 Å². The zero-order valence-electron chi connectivity index (χ0n) is 8.69. The first kappa shape index (κ1) is 10.6. The normalized spacial score (nSPS) is 15.3. The van der Waals surface area contributed by atoms with Gasteiger partial charge in [-0.3, -0.25) is 4.79 Å². The molecular formula is C11H16N2OS. The van der Waals surface area contributed by atoms with E-state index in [1.807, 2.05) is 16.3 Å². The summed E-state index contributed by atoms with van der Waals surface area (Å²) in [7, 11) is 0. The van der Waals surface area contributed by atoms with Crippen molar-refractivity contribution < 1.29 is 4.79 Å². The topological polar surface area (TPSA) is 46.3 Å². The third kappa shape index (κ3) is 2.79. The molecule has 1 aliphatic carbocycles. The SMILES string of the molecule is NCCC(=O)N(Cc1cccs1)C1CC1. The summed E-state index contributed by atoms with van der Waals surface area (Å²) in [6, 6.07) is 4.58. The van der Waals surface area contributed by atoms with Crippen LogP contribution >= 0.6 is 11.3 Å². The van der Waals surface area contributed by atoms with Gasteiger partial charge in [-0.2, -0.15) is 0 Å². The van der Waals surface area contributed by atoms with Crippen LogP contribution in [-0.2, 0) is 11.3 Å². The third-order valence-electron chi connectivity index (χ3n) is 2.57. The lowest BCUT2D eigenvalue weighted by Gasteiger charge is -2.21. The van der Waals surface area contributed by atoms with Crippen LogP contribution < -0.4 is 5.73 Å². The van der Waals surface area contributed by atoms with Crippen molar-refractivity contribution in [2.45, 2.75) is 31.8 Å². The van der Waals surface area contributed by atoms with E-state index >= 15 is 0 Å². The Bertz CT molecular complexity index is 319. The molecule has 4 heteroatoms. The molecule has 1 aliphatic rings. The van der Waals surface area contributed by atoms with Gasteiger partial charge in [-0.05, 0) is 24.3 Å². The predicted octanol–water partition coefficient (Wildman–Crippen LogP) is 1.59. The van der Waals surface area contributed by atoms with Gasteiger partial charge >= 0.3 is 0 Å². The molecule has 1 aromatic heterocycles. The molecule has 0 aliphatic heterocycles. The van der Waals surface area contributed by atoms with Crippen molar-refractivity contribution in [2.75, 3.05) is 6.54 Å². The van der Waals surface area contributed by atoms with Gasteiger partial charge in [0.2, 0.25) is 5.91 Å². The number of carbonyl (C=O) groups is 1. The Balaban J connectivity index is 1.97. The zero-order chi connectivity index (χ0) is 10.7. The molecule has 0 unspecified atom stereocenters. The van der Waals surface area contributed by atoms with Gasteiger partial charge in [0.1, 0.15) is 0 Å². The minimum absolute atomic E-state index is 0.202. The highest BCUT2D eigenvalue weighted by Crippen LogP contribution is 2.29. The van der Waals surface area contributed by atoms with Gasteiger partial charge in [-0.25, -0.2) is 0 Å². The molecule has 2 N–H and O–H groups in total. The highest BCUT2D eigenvalue weighted by Gasteiger charge is 2.32. The minimum Gasteiger partial charge on any atom is -0.335 e. The first-order valence-electron chi connectivity index (χ1n) is 5.33. The van der Waals surface area contributed by atoms with E-state index in [1.165, 1.54) is 4.88 Å². The molecule has 0 spiro atoms. The maximum Gasteiger partial charge on any atom is 0.224 e. The molecule has 1 amide bonds. The summed E-state index contributed by atoms with van der Waals surface area (Å²) >= 11 is 1.71. The molecule has 0 saturated heterocycles. The lowest BCUT2D eigenvalue weighted by Crippen LogP contribution is -2.33. The van der Waals surface area contributed by atoms with Gasteiger partial charge in [-0.1, -0.05) is 6.07 Å². The molecule has 1 saturated carbocycles. The summed E-state index contributed by atoms with van der Waals surface area (Å²) < 4.78 is 0. The second kappa shape index (κ2) is 4.77. The van der Waals surface area contributed by atoms with Crippen LogP contribution in [-0.4, -0.2) is 23.4 Å². The molecule has 0 atom stereocenters. The van der Waals surface area contributed by atoms with E-state index in [2.05, 4.69) is 6.07 Å². The van der Waals surface area contributed by atoms with Crippen molar-refractivity contribution >= 4 is 17.2 Å². The van der Waals surface area contributed by atoms with Crippen molar-refractivity contribution in [1.29, 1.82) is 0 Å². The average molecular weight is 224 g/mol. The van der Waals surface area contributed by atoms with Gasteiger partial charge in [-0.15, -0.1) is 11.3 Å². The Hall–Kier alpha value is -0.870. The average Bonchev–Trinajstić information content (AvgIpc) is 2.93. The number of hydrogen-bond acceptors (Lipinski definition) is 3. The maximum absolute atomic E-state index is 11.8. The largest absolute Gasteiger partial charge is 0.335 e. The van der Waals surface area contributed by atoms with Crippen molar-refractivity contribution in [3.63, 3.8) is 0 Å². The Morgan fingerprint density at radius 2 is 2.40 bits per heavy atom. The number of carbonyl (C=O) groups excluding carboxylic acids is 1. The van der Waals surface area contributed by atoms with Crippen LogP contribution in [0.5, 0.6) is 0 Å². The Morgan fingerprint density at radius 1 is 1.60 bits per heavy atom. The van der Waals surface area contributed by atoms with Crippen LogP contribution in [0.2, 0.25) is 0 Å². The smallest absolute Gasteiger partial charge is 0.224 e. The van der Waals surface area contributed by atoms with Gasteiger partial charge < -0.3 is 10.6 Å². The van der Waals surface area contributed by atoms with E-state index in [-0.39, 0.29) is 5.91 Å². The van der Waals surface area contributed by atoms with Crippen molar-refractivity contribution in [2.24, 2.45) is 5.73 Å². The van der Waals surface area contributed by atoms with Crippen LogP contribution in [0.1, 0.15) is 24.1 Å². The van der Waals surface area contributed by atoms with Gasteiger partial charge in [0.05, 0.1) is 6.54 Å². The lowest BCUT2D eigenvalue weighted by atomic mass is 10.3. The van der Waals surface area contributed by atoms with Crippen molar-refractivity contribution in [3.05, 3.63) is 22.4 Å². The fraction of sp³-hybridized carbons (Fsp3) is 0.545. The first-order chi connectivity index (χ1) is 7.31. The fourth-order valence-electron chi connectivity index (χ4n) is 1.64. The fourth-order valence-corrected chi connectivity index (χ4v) is 2.35. The van der Waals surface area contributed by atoms with E-state index in [0.717, 1.165) is 19.4 Å². The Labute approximate surface area is 93.9 Å². The zero-order valence-corrected chi connectivity index (χ0v) is 9.50. The van der Waals surface area contributed by atoms with Crippen LogP contribution in [0.25, 0.3) is 0 Å². The van der Waals surface area contributed by atoms with E-state index in [1.54, 1.807) is 11.3 Å². The van der Waals surface area contributed by atoms with Crippen molar-refractivity contribution in [3.8, 4) is 0 Å². The summed E-state index contributed by atoms with van der Waals surface area (Å²) in [6.07, 6.45) is 2.78. The standard InChI is InChI=1S/C11H16N2OS/c12-6-5-11(14)13(9-3-4-9)8-10-2-1-7-15-10/h1-2,7,9H,3-6,8,12H2. The Kier molecular flexibility index (Phi) is 3.38. The minimum atomic E-state index is 0.202. The monoisotopic (exact) mass is 224 g/mol. The number of nitrogens with zero attached hydrogens (tertiary/aromatic N) is 1.